The van der Waals surface area contributed by atoms with E-state index in [0.29, 0.717) is 11.4 Å². The fraction of sp³-hybridized carbons (Fsp3) is 0.133. The summed E-state index contributed by atoms with van der Waals surface area (Å²) in [4.78, 5) is 4.23. The fourth-order valence-corrected chi connectivity index (χ4v) is 3.18. The van der Waals surface area contributed by atoms with Gasteiger partial charge in [-0.1, -0.05) is 13.8 Å². The molecule has 0 spiro atoms. The second-order valence-electron chi connectivity index (χ2n) is 3.87. The minimum absolute atomic E-state index is 0.145. The van der Waals surface area contributed by atoms with Gasteiger partial charge in [0.15, 0.2) is 11.6 Å². The van der Waals surface area contributed by atoms with Gasteiger partial charge in [0.25, 0.3) is 0 Å². The Morgan fingerprint density at radius 3 is 2.67 bits per heavy atom. The highest BCUT2D eigenvalue weighted by molar-refractivity contribution is 9.11. The van der Waals surface area contributed by atoms with E-state index in [1.807, 2.05) is 19.9 Å². The van der Waals surface area contributed by atoms with Gasteiger partial charge in [-0.05, 0) is 34.1 Å². The van der Waals surface area contributed by atoms with Crippen molar-refractivity contribution in [3.63, 3.8) is 0 Å². The van der Waals surface area contributed by atoms with E-state index in [0.717, 1.165) is 14.0 Å². The third-order valence-corrected chi connectivity index (χ3v) is 4.16. The summed E-state index contributed by atoms with van der Waals surface area (Å²) in [7, 11) is 0. The molecule has 2 N–H and O–H groups in total. The maximum absolute atomic E-state index is 13.7. The number of fused-ring (bicyclic) bond motifs is 1. The summed E-state index contributed by atoms with van der Waals surface area (Å²) in [5.41, 5.74) is 6.68. The predicted molar refractivity (Wildman–Crippen MR) is 89.6 cm³/mol. The Kier molecular flexibility index (Phi) is 5.14. The largest absolute Gasteiger partial charge is 0.453 e. The van der Waals surface area contributed by atoms with E-state index < -0.39 is 5.82 Å². The van der Waals surface area contributed by atoms with Crippen molar-refractivity contribution in [3.8, 4) is 11.5 Å². The highest BCUT2D eigenvalue weighted by Crippen LogP contribution is 2.37. The lowest BCUT2D eigenvalue weighted by Crippen LogP contribution is -1.91. The van der Waals surface area contributed by atoms with Gasteiger partial charge in [-0.25, -0.2) is 4.39 Å². The lowest BCUT2D eigenvalue weighted by Gasteiger charge is -2.07. The highest BCUT2D eigenvalue weighted by atomic mass is 79.9. The molecule has 21 heavy (non-hydrogen) atoms. The molecule has 0 radical (unpaired) electrons. The molecule has 3 nitrogen and oxygen atoms in total. The van der Waals surface area contributed by atoms with Gasteiger partial charge in [-0.15, -0.1) is 11.3 Å². The number of nitrogens with two attached hydrogens (primary N) is 1. The second kappa shape index (κ2) is 6.87. The first kappa shape index (κ1) is 15.7. The molecular weight excluding hydrogens is 355 g/mol. The summed E-state index contributed by atoms with van der Waals surface area (Å²) >= 11 is 4.89. The zero-order valence-corrected chi connectivity index (χ0v) is 14.0. The van der Waals surface area contributed by atoms with Crippen LogP contribution in [0.5, 0.6) is 11.5 Å². The first-order valence-electron chi connectivity index (χ1n) is 6.40. The van der Waals surface area contributed by atoms with Gasteiger partial charge in [0.1, 0.15) is 5.75 Å². The lowest BCUT2D eigenvalue weighted by atomic mass is 10.3. The number of halogens is 2. The van der Waals surface area contributed by atoms with E-state index in [1.165, 1.54) is 23.5 Å². The van der Waals surface area contributed by atoms with Gasteiger partial charge in [0, 0.05) is 24.0 Å². The van der Waals surface area contributed by atoms with Crippen molar-refractivity contribution in [1.82, 2.24) is 4.98 Å². The Balaban J connectivity index is 0.000000774. The van der Waals surface area contributed by atoms with E-state index in [-0.39, 0.29) is 5.75 Å². The number of ether oxygens (including phenoxy) is 1. The number of aromatic nitrogens is 1. The molecule has 0 fully saturated rings. The van der Waals surface area contributed by atoms with E-state index in [4.69, 9.17) is 10.5 Å². The number of pyridine rings is 1. The number of nitrogen functional groups attached to an aromatic ring is 1. The van der Waals surface area contributed by atoms with Crippen LogP contribution in [0, 0.1) is 5.82 Å². The molecule has 0 saturated carbocycles. The third-order valence-electron chi connectivity index (χ3n) is 2.52. The van der Waals surface area contributed by atoms with Crippen LogP contribution in [-0.4, -0.2) is 4.98 Å². The van der Waals surface area contributed by atoms with Crippen molar-refractivity contribution in [1.29, 1.82) is 0 Å². The molecule has 3 aromatic rings. The molecule has 0 aliphatic carbocycles. The second-order valence-corrected chi connectivity index (χ2v) is 6.30. The number of nitrogens with zero attached hydrogens (tertiary/aromatic N) is 1. The zero-order valence-electron chi connectivity index (χ0n) is 11.6. The average molecular weight is 369 g/mol. The van der Waals surface area contributed by atoms with Crippen LogP contribution in [0.25, 0.3) is 10.2 Å². The SMILES string of the molecule is CC.Nc1ccc(Oc2ccnc3cc(Br)sc23)c(F)c1. The van der Waals surface area contributed by atoms with Crippen molar-refractivity contribution in [2.45, 2.75) is 13.8 Å². The van der Waals surface area contributed by atoms with E-state index >= 15 is 0 Å². The van der Waals surface area contributed by atoms with Crippen LogP contribution in [-0.2, 0) is 0 Å². The molecule has 110 valence electrons. The van der Waals surface area contributed by atoms with Gasteiger partial charge in [0.2, 0.25) is 0 Å². The first-order chi connectivity index (χ1) is 10.1. The summed E-state index contributed by atoms with van der Waals surface area (Å²) in [6, 6.07) is 7.95. The van der Waals surface area contributed by atoms with Gasteiger partial charge < -0.3 is 10.5 Å². The maximum Gasteiger partial charge on any atom is 0.167 e. The first-order valence-corrected chi connectivity index (χ1v) is 8.01. The molecule has 0 amide bonds. The molecule has 0 saturated heterocycles. The molecule has 6 heteroatoms. The van der Waals surface area contributed by atoms with E-state index in [9.17, 15) is 4.39 Å². The zero-order chi connectivity index (χ0) is 15.4. The van der Waals surface area contributed by atoms with Crippen LogP contribution in [0.3, 0.4) is 0 Å². The number of benzene rings is 1. The van der Waals surface area contributed by atoms with Crippen LogP contribution < -0.4 is 10.5 Å². The van der Waals surface area contributed by atoms with Crippen LogP contribution in [0.2, 0.25) is 0 Å². The number of hydrogen-bond acceptors (Lipinski definition) is 4. The van der Waals surface area contributed by atoms with Crippen LogP contribution >= 0.6 is 27.3 Å². The number of hydrogen-bond donors (Lipinski definition) is 1. The number of thiophene rings is 1. The van der Waals surface area contributed by atoms with Gasteiger partial charge in [-0.3, -0.25) is 4.98 Å². The van der Waals surface area contributed by atoms with Crippen LogP contribution in [0.15, 0.2) is 40.3 Å². The van der Waals surface area contributed by atoms with Crippen LogP contribution in [0.1, 0.15) is 13.8 Å². The molecule has 2 aromatic heterocycles. The quantitative estimate of drug-likeness (QED) is 0.599. The molecule has 3 rings (SSSR count). The summed E-state index contributed by atoms with van der Waals surface area (Å²) in [6.07, 6.45) is 1.63. The summed E-state index contributed by atoms with van der Waals surface area (Å²) in [5.74, 6) is 0.233. The molecule has 1 aromatic carbocycles. The maximum atomic E-state index is 13.7. The number of anilines is 1. The Bertz CT molecular complexity index is 761. The summed E-state index contributed by atoms with van der Waals surface area (Å²) in [6.45, 7) is 4.00. The smallest absolute Gasteiger partial charge is 0.167 e. The van der Waals surface area contributed by atoms with Crippen molar-refractivity contribution >= 4 is 43.2 Å². The molecule has 0 unspecified atom stereocenters. The number of rotatable bonds is 2. The van der Waals surface area contributed by atoms with Crippen LogP contribution in [0.4, 0.5) is 10.1 Å². The van der Waals surface area contributed by atoms with Gasteiger partial charge >= 0.3 is 0 Å². The van der Waals surface area contributed by atoms with Crippen molar-refractivity contribution in [2.24, 2.45) is 0 Å². The van der Waals surface area contributed by atoms with E-state index in [1.54, 1.807) is 18.3 Å². The minimum Gasteiger partial charge on any atom is -0.453 e. The molecule has 0 atom stereocenters. The standard InChI is InChI=1S/C13H8BrFN2OS.C2H6/c14-12-6-9-13(19-12)11(3-4-17-9)18-10-2-1-7(16)5-8(10)15;1-2/h1-6H,16H2;1-2H3. The summed E-state index contributed by atoms with van der Waals surface area (Å²) < 4.78 is 21.1. The third kappa shape index (κ3) is 3.51. The summed E-state index contributed by atoms with van der Waals surface area (Å²) in [5, 5.41) is 0. The normalized spacial score (nSPS) is 10.1. The molecular formula is C15H14BrFN2OS. The minimum atomic E-state index is -0.486. The van der Waals surface area contributed by atoms with Gasteiger partial charge in [-0.2, -0.15) is 0 Å². The fourth-order valence-electron chi connectivity index (χ4n) is 1.68. The highest BCUT2D eigenvalue weighted by Gasteiger charge is 2.10. The van der Waals surface area contributed by atoms with Crippen molar-refractivity contribution in [3.05, 3.63) is 46.1 Å². The Morgan fingerprint density at radius 1 is 1.19 bits per heavy atom. The Morgan fingerprint density at radius 2 is 1.95 bits per heavy atom. The molecule has 0 bridgehead atoms. The van der Waals surface area contributed by atoms with E-state index in [2.05, 4.69) is 20.9 Å². The molecule has 2 heterocycles. The molecule has 0 aliphatic rings. The average Bonchev–Trinajstić information content (AvgIpc) is 2.85. The Hall–Kier alpha value is -1.66. The topological polar surface area (TPSA) is 48.1 Å². The van der Waals surface area contributed by atoms with Crippen molar-refractivity contribution < 1.29 is 9.13 Å². The predicted octanol–water partition coefficient (Wildman–Crippen LogP) is 5.60. The monoisotopic (exact) mass is 368 g/mol. The van der Waals surface area contributed by atoms with Gasteiger partial charge in [0.05, 0.1) is 14.0 Å². The van der Waals surface area contributed by atoms with Crippen molar-refractivity contribution in [2.75, 3.05) is 5.73 Å². The molecule has 0 aliphatic heterocycles. The lowest BCUT2D eigenvalue weighted by molar-refractivity contribution is 0.447. The Labute approximate surface area is 134 Å².